The Morgan fingerprint density at radius 1 is 1.05 bits per heavy atom. The number of hydrogen-bond donors (Lipinski definition) is 3. The van der Waals surface area contributed by atoms with E-state index >= 15 is 0 Å². The fourth-order valence-corrected chi connectivity index (χ4v) is 2.33. The molecular formula is C13H15NO7S. The van der Waals surface area contributed by atoms with Crippen molar-refractivity contribution >= 4 is 33.4 Å². The Morgan fingerprint density at radius 3 is 1.95 bits per heavy atom. The van der Waals surface area contributed by atoms with Gasteiger partial charge in [-0.1, -0.05) is 0 Å². The number of sulfone groups is 1. The number of rotatable bonds is 7. The first-order valence-electron chi connectivity index (χ1n) is 6.18. The number of carbonyl (C=O) groups excluding carboxylic acids is 1. The van der Waals surface area contributed by atoms with Crippen molar-refractivity contribution in [2.24, 2.45) is 0 Å². The maximum Gasteiger partial charge on any atom is 0.335 e. The van der Waals surface area contributed by atoms with Gasteiger partial charge in [0.25, 0.3) is 0 Å². The predicted molar refractivity (Wildman–Crippen MR) is 77.9 cm³/mol. The summed E-state index contributed by atoms with van der Waals surface area (Å²) in [6.07, 6.45) is 1.10. The molecule has 1 rings (SSSR count). The average Bonchev–Trinajstić information content (AvgIpc) is 2.36. The van der Waals surface area contributed by atoms with Crippen molar-refractivity contribution in [2.45, 2.75) is 12.8 Å². The predicted octanol–water partition coefficient (Wildman–Crippen LogP) is 0.846. The molecule has 0 unspecified atom stereocenters. The number of carboxylic acid groups (broad SMARTS) is 2. The first kappa shape index (κ1) is 17.6. The molecule has 1 aromatic rings. The van der Waals surface area contributed by atoms with E-state index < -0.39 is 27.7 Å². The molecule has 0 heterocycles. The molecule has 22 heavy (non-hydrogen) atoms. The molecule has 0 aliphatic heterocycles. The monoisotopic (exact) mass is 329 g/mol. The number of hydrogen-bond acceptors (Lipinski definition) is 5. The van der Waals surface area contributed by atoms with Crippen molar-refractivity contribution in [1.82, 2.24) is 0 Å². The Kier molecular flexibility index (Phi) is 5.63. The van der Waals surface area contributed by atoms with Gasteiger partial charge in [0, 0.05) is 18.4 Å². The van der Waals surface area contributed by atoms with Crippen LogP contribution in [0, 0.1) is 0 Å². The molecule has 1 amide bonds. The SMILES string of the molecule is CS(=O)(=O)CCCC(=O)Nc1cc(C(=O)O)cc(C(=O)O)c1. The molecule has 0 atom stereocenters. The fourth-order valence-electron chi connectivity index (χ4n) is 1.67. The van der Waals surface area contributed by atoms with Crippen LogP contribution in [-0.2, 0) is 14.6 Å². The van der Waals surface area contributed by atoms with E-state index in [-0.39, 0.29) is 35.4 Å². The Hall–Kier alpha value is -2.42. The summed E-state index contributed by atoms with van der Waals surface area (Å²) in [5, 5.41) is 20.2. The normalized spacial score (nSPS) is 11.0. The van der Waals surface area contributed by atoms with Crippen molar-refractivity contribution in [3.63, 3.8) is 0 Å². The molecule has 3 N–H and O–H groups in total. The van der Waals surface area contributed by atoms with Gasteiger partial charge in [0.05, 0.1) is 16.9 Å². The van der Waals surface area contributed by atoms with Gasteiger partial charge in [-0.05, 0) is 24.6 Å². The lowest BCUT2D eigenvalue weighted by Gasteiger charge is -2.07. The molecule has 0 spiro atoms. The molecule has 9 heteroatoms. The largest absolute Gasteiger partial charge is 0.478 e. The summed E-state index contributed by atoms with van der Waals surface area (Å²) in [5.41, 5.74) is -0.515. The topological polar surface area (TPSA) is 138 Å². The number of nitrogens with one attached hydrogen (secondary N) is 1. The van der Waals surface area contributed by atoms with E-state index in [4.69, 9.17) is 10.2 Å². The van der Waals surface area contributed by atoms with Crippen LogP contribution in [-0.4, -0.2) is 48.5 Å². The van der Waals surface area contributed by atoms with Gasteiger partial charge in [0.1, 0.15) is 9.84 Å². The number of benzene rings is 1. The molecule has 120 valence electrons. The molecule has 0 fully saturated rings. The summed E-state index contributed by atoms with van der Waals surface area (Å²) in [4.78, 5) is 33.5. The van der Waals surface area contributed by atoms with E-state index in [0.717, 1.165) is 24.5 Å². The molecule has 0 aromatic heterocycles. The zero-order valence-electron chi connectivity index (χ0n) is 11.7. The molecule has 0 aliphatic rings. The molecule has 0 saturated heterocycles. The van der Waals surface area contributed by atoms with Gasteiger partial charge in [0.2, 0.25) is 5.91 Å². The molecule has 8 nitrogen and oxygen atoms in total. The van der Waals surface area contributed by atoms with Crippen molar-refractivity contribution in [3.05, 3.63) is 29.3 Å². The second-order valence-corrected chi connectivity index (χ2v) is 6.95. The Bertz CT molecular complexity index is 677. The van der Waals surface area contributed by atoms with Crippen LogP contribution < -0.4 is 5.32 Å². The van der Waals surface area contributed by atoms with Gasteiger partial charge in [0.15, 0.2) is 0 Å². The minimum absolute atomic E-state index is 0.0293. The number of carboxylic acids is 2. The van der Waals surface area contributed by atoms with E-state index in [1.807, 2.05) is 0 Å². The first-order chi connectivity index (χ1) is 10.1. The van der Waals surface area contributed by atoms with E-state index in [2.05, 4.69) is 5.32 Å². The van der Waals surface area contributed by atoms with Crippen LogP contribution in [0.1, 0.15) is 33.6 Å². The molecule has 0 aliphatic carbocycles. The summed E-state index contributed by atoms with van der Waals surface area (Å²) in [5.74, 6) is -3.32. The number of aromatic carboxylic acids is 2. The van der Waals surface area contributed by atoms with Crippen molar-refractivity contribution < 1.29 is 33.0 Å². The first-order valence-corrected chi connectivity index (χ1v) is 8.24. The van der Waals surface area contributed by atoms with Gasteiger partial charge in [-0.2, -0.15) is 0 Å². The summed E-state index contributed by atoms with van der Waals surface area (Å²) >= 11 is 0. The minimum atomic E-state index is -3.16. The van der Waals surface area contributed by atoms with Crippen LogP contribution in [0.2, 0.25) is 0 Å². The van der Waals surface area contributed by atoms with Crippen molar-refractivity contribution in [1.29, 1.82) is 0 Å². The van der Waals surface area contributed by atoms with Crippen LogP contribution in [0.3, 0.4) is 0 Å². The highest BCUT2D eigenvalue weighted by Crippen LogP contribution is 2.16. The Labute approximate surface area is 126 Å². The van der Waals surface area contributed by atoms with Crippen molar-refractivity contribution in [2.75, 3.05) is 17.3 Å². The number of anilines is 1. The quantitative estimate of drug-likeness (QED) is 0.674. The van der Waals surface area contributed by atoms with E-state index in [9.17, 15) is 22.8 Å². The summed E-state index contributed by atoms with van der Waals surface area (Å²) in [7, 11) is -3.16. The lowest BCUT2D eigenvalue weighted by molar-refractivity contribution is -0.116. The number of carbonyl (C=O) groups is 3. The smallest absolute Gasteiger partial charge is 0.335 e. The van der Waals surface area contributed by atoms with Gasteiger partial charge in [-0.25, -0.2) is 18.0 Å². The lowest BCUT2D eigenvalue weighted by Crippen LogP contribution is -2.15. The van der Waals surface area contributed by atoms with Crippen molar-refractivity contribution in [3.8, 4) is 0 Å². The third kappa shape index (κ3) is 5.92. The highest BCUT2D eigenvalue weighted by molar-refractivity contribution is 7.90. The van der Waals surface area contributed by atoms with E-state index in [0.29, 0.717) is 0 Å². The zero-order chi connectivity index (χ0) is 16.9. The highest BCUT2D eigenvalue weighted by Gasteiger charge is 2.13. The van der Waals surface area contributed by atoms with Crippen LogP contribution in [0.15, 0.2) is 18.2 Å². The van der Waals surface area contributed by atoms with Crippen LogP contribution in [0.5, 0.6) is 0 Å². The minimum Gasteiger partial charge on any atom is -0.478 e. The molecule has 0 radical (unpaired) electrons. The standard InChI is InChI=1S/C13H15NO7S/c1-22(20,21)4-2-3-11(15)14-10-6-8(12(16)17)5-9(7-10)13(18)19/h5-7H,2-4H2,1H3,(H,14,15)(H,16,17)(H,18,19). The molecular weight excluding hydrogens is 314 g/mol. The summed E-state index contributed by atoms with van der Waals surface area (Å²) in [6, 6.07) is 3.23. The van der Waals surface area contributed by atoms with Crippen LogP contribution >= 0.6 is 0 Å². The number of amides is 1. The van der Waals surface area contributed by atoms with Crippen LogP contribution in [0.4, 0.5) is 5.69 Å². The third-order valence-corrected chi connectivity index (χ3v) is 3.66. The van der Waals surface area contributed by atoms with Gasteiger partial charge in [-0.3, -0.25) is 4.79 Å². The van der Waals surface area contributed by atoms with Gasteiger partial charge in [-0.15, -0.1) is 0 Å². The lowest BCUT2D eigenvalue weighted by atomic mass is 10.1. The maximum absolute atomic E-state index is 11.7. The molecule has 0 bridgehead atoms. The summed E-state index contributed by atoms with van der Waals surface area (Å²) in [6.45, 7) is 0. The third-order valence-electron chi connectivity index (χ3n) is 2.63. The highest BCUT2D eigenvalue weighted by atomic mass is 32.2. The average molecular weight is 329 g/mol. The molecule has 1 aromatic carbocycles. The van der Waals surface area contributed by atoms with Gasteiger partial charge >= 0.3 is 11.9 Å². The van der Waals surface area contributed by atoms with E-state index in [1.54, 1.807) is 0 Å². The van der Waals surface area contributed by atoms with Gasteiger partial charge < -0.3 is 15.5 Å². The second-order valence-electron chi connectivity index (χ2n) is 4.69. The fraction of sp³-hybridized carbons (Fsp3) is 0.308. The Morgan fingerprint density at radius 2 is 1.55 bits per heavy atom. The Balaban J connectivity index is 2.81. The second kappa shape index (κ2) is 7.03. The summed E-state index contributed by atoms with van der Waals surface area (Å²) < 4.78 is 21.9. The maximum atomic E-state index is 11.7. The zero-order valence-corrected chi connectivity index (χ0v) is 12.5. The van der Waals surface area contributed by atoms with E-state index in [1.165, 1.54) is 0 Å². The molecule has 0 saturated carbocycles. The van der Waals surface area contributed by atoms with Crippen LogP contribution in [0.25, 0.3) is 0 Å².